The molecule has 0 aliphatic carbocycles. The van der Waals surface area contributed by atoms with Gasteiger partial charge in [-0.25, -0.2) is 0 Å². The molecule has 1 aromatic carbocycles. The predicted molar refractivity (Wildman–Crippen MR) is 69.0 cm³/mol. The van der Waals surface area contributed by atoms with Crippen LogP contribution in [0.3, 0.4) is 0 Å². The van der Waals surface area contributed by atoms with Crippen molar-refractivity contribution in [2.75, 3.05) is 0 Å². The zero-order valence-electron chi connectivity index (χ0n) is 9.27. The first kappa shape index (κ1) is 11.1. The smallest absolute Gasteiger partial charge is 0.162 e. The highest BCUT2D eigenvalue weighted by atomic mass is 32.1. The van der Waals surface area contributed by atoms with Crippen molar-refractivity contribution < 1.29 is 4.79 Å². The van der Waals surface area contributed by atoms with Crippen molar-refractivity contribution in [2.45, 2.75) is 19.8 Å². The summed E-state index contributed by atoms with van der Waals surface area (Å²) >= 11 is 1.72. The number of thiophene rings is 1. The molecule has 0 saturated carbocycles. The van der Waals surface area contributed by atoms with E-state index in [0.717, 1.165) is 12.0 Å². The topological polar surface area (TPSA) is 17.1 Å². The van der Waals surface area contributed by atoms with Crippen LogP contribution in [0.25, 0.3) is 10.4 Å². The molecule has 2 heteroatoms. The molecule has 0 fully saturated rings. The van der Waals surface area contributed by atoms with E-state index in [9.17, 15) is 4.79 Å². The van der Waals surface area contributed by atoms with Crippen LogP contribution in [0.15, 0.2) is 41.8 Å². The molecule has 0 aliphatic rings. The fourth-order valence-corrected chi connectivity index (χ4v) is 2.37. The minimum Gasteiger partial charge on any atom is -0.294 e. The number of hydrogen-bond acceptors (Lipinski definition) is 2. The molecule has 1 heterocycles. The lowest BCUT2D eigenvalue weighted by Gasteiger charge is -2.01. The second-order valence-electron chi connectivity index (χ2n) is 3.73. The third-order valence-electron chi connectivity index (χ3n) is 2.49. The first-order chi connectivity index (χ1) is 7.81. The van der Waals surface area contributed by atoms with Gasteiger partial charge in [0.1, 0.15) is 0 Å². The lowest BCUT2D eigenvalue weighted by atomic mass is 10.0. The molecule has 0 aliphatic heterocycles. The van der Waals surface area contributed by atoms with Gasteiger partial charge in [-0.05, 0) is 23.4 Å². The number of rotatable bonds is 4. The fourth-order valence-electron chi connectivity index (χ4n) is 1.63. The SMILES string of the molecule is CCCC(=O)c1ccc(-c2cccs2)cc1. The van der Waals surface area contributed by atoms with E-state index in [1.54, 1.807) is 11.3 Å². The molecule has 0 N–H and O–H groups in total. The molecule has 1 aromatic heterocycles. The van der Waals surface area contributed by atoms with Crippen LogP contribution in [-0.4, -0.2) is 5.78 Å². The average molecular weight is 230 g/mol. The number of carbonyl (C=O) groups is 1. The van der Waals surface area contributed by atoms with Crippen molar-refractivity contribution in [1.82, 2.24) is 0 Å². The van der Waals surface area contributed by atoms with Crippen LogP contribution in [0.5, 0.6) is 0 Å². The van der Waals surface area contributed by atoms with Crippen molar-refractivity contribution in [3.05, 3.63) is 47.3 Å². The van der Waals surface area contributed by atoms with E-state index in [1.165, 1.54) is 10.4 Å². The van der Waals surface area contributed by atoms with E-state index in [1.807, 2.05) is 37.3 Å². The molecule has 0 amide bonds. The molecule has 0 saturated heterocycles. The molecule has 0 unspecified atom stereocenters. The van der Waals surface area contributed by atoms with Crippen LogP contribution >= 0.6 is 11.3 Å². The molecule has 0 bridgehead atoms. The van der Waals surface area contributed by atoms with Crippen LogP contribution in [0.4, 0.5) is 0 Å². The standard InChI is InChI=1S/C14H14OS/c1-2-4-13(15)11-6-8-12(9-7-11)14-5-3-10-16-14/h3,5-10H,2,4H2,1H3. The van der Waals surface area contributed by atoms with Crippen molar-refractivity contribution in [3.63, 3.8) is 0 Å². The summed E-state index contributed by atoms with van der Waals surface area (Å²) in [7, 11) is 0. The lowest BCUT2D eigenvalue weighted by Crippen LogP contribution is -1.97. The monoisotopic (exact) mass is 230 g/mol. The van der Waals surface area contributed by atoms with Gasteiger partial charge in [0.2, 0.25) is 0 Å². The van der Waals surface area contributed by atoms with Crippen molar-refractivity contribution in [3.8, 4) is 10.4 Å². The van der Waals surface area contributed by atoms with Crippen LogP contribution in [0, 0.1) is 0 Å². The summed E-state index contributed by atoms with van der Waals surface area (Å²) in [6.45, 7) is 2.03. The minimum absolute atomic E-state index is 0.236. The Bertz CT molecular complexity index is 454. The Balaban J connectivity index is 2.20. The Morgan fingerprint density at radius 1 is 1.19 bits per heavy atom. The zero-order chi connectivity index (χ0) is 11.4. The molecule has 82 valence electrons. The third kappa shape index (κ3) is 2.39. The van der Waals surface area contributed by atoms with Gasteiger partial charge in [-0.15, -0.1) is 11.3 Å². The van der Waals surface area contributed by atoms with E-state index < -0.39 is 0 Å². The van der Waals surface area contributed by atoms with Crippen LogP contribution in [0.2, 0.25) is 0 Å². The fraction of sp³-hybridized carbons (Fsp3) is 0.214. The Labute approximate surface area is 99.8 Å². The Morgan fingerprint density at radius 2 is 1.94 bits per heavy atom. The predicted octanol–water partition coefficient (Wildman–Crippen LogP) is 4.40. The normalized spacial score (nSPS) is 10.3. The van der Waals surface area contributed by atoms with Crippen molar-refractivity contribution in [2.24, 2.45) is 0 Å². The number of carbonyl (C=O) groups excluding carboxylic acids is 1. The van der Waals surface area contributed by atoms with Gasteiger partial charge in [0, 0.05) is 16.9 Å². The Kier molecular flexibility index (Phi) is 3.52. The summed E-state index contributed by atoms with van der Waals surface area (Å²) < 4.78 is 0. The molecular weight excluding hydrogens is 216 g/mol. The third-order valence-corrected chi connectivity index (χ3v) is 3.41. The Morgan fingerprint density at radius 3 is 2.50 bits per heavy atom. The van der Waals surface area contributed by atoms with E-state index in [4.69, 9.17) is 0 Å². The molecule has 16 heavy (non-hydrogen) atoms. The van der Waals surface area contributed by atoms with Crippen LogP contribution in [0.1, 0.15) is 30.1 Å². The van der Waals surface area contributed by atoms with Crippen LogP contribution < -0.4 is 0 Å². The number of hydrogen-bond donors (Lipinski definition) is 0. The van der Waals surface area contributed by atoms with Gasteiger partial charge >= 0.3 is 0 Å². The molecule has 0 radical (unpaired) electrons. The summed E-state index contributed by atoms with van der Waals surface area (Å²) in [5, 5.41) is 2.06. The van der Waals surface area contributed by atoms with Gasteiger partial charge in [-0.2, -0.15) is 0 Å². The molecule has 0 atom stereocenters. The highest BCUT2D eigenvalue weighted by Crippen LogP contribution is 2.24. The molecule has 2 aromatic rings. The van der Waals surface area contributed by atoms with Gasteiger partial charge < -0.3 is 0 Å². The molecule has 0 spiro atoms. The second kappa shape index (κ2) is 5.08. The van der Waals surface area contributed by atoms with Crippen molar-refractivity contribution >= 4 is 17.1 Å². The highest BCUT2D eigenvalue weighted by Gasteiger charge is 2.04. The second-order valence-corrected chi connectivity index (χ2v) is 4.68. The quantitative estimate of drug-likeness (QED) is 0.711. The summed E-state index contributed by atoms with van der Waals surface area (Å²) in [6.07, 6.45) is 1.55. The summed E-state index contributed by atoms with van der Waals surface area (Å²) in [6, 6.07) is 12.0. The molecule has 1 nitrogen and oxygen atoms in total. The summed E-state index contributed by atoms with van der Waals surface area (Å²) in [4.78, 5) is 12.9. The maximum atomic E-state index is 11.6. The maximum Gasteiger partial charge on any atom is 0.162 e. The lowest BCUT2D eigenvalue weighted by molar-refractivity contribution is 0.0982. The zero-order valence-corrected chi connectivity index (χ0v) is 10.1. The number of benzene rings is 1. The van der Waals surface area contributed by atoms with E-state index in [-0.39, 0.29) is 5.78 Å². The first-order valence-electron chi connectivity index (χ1n) is 5.48. The maximum absolute atomic E-state index is 11.6. The van der Waals surface area contributed by atoms with Gasteiger partial charge in [-0.1, -0.05) is 37.3 Å². The summed E-state index contributed by atoms with van der Waals surface area (Å²) in [5.41, 5.74) is 2.00. The molecule has 2 rings (SSSR count). The van der Waals surface area contributed by atoms with Crippen LogP contribution in [-0.2, 0) is 0 Å². The summed E-state index contributed by atoms with van der Waals surface area (Å²) in [5.74, 6) is 0.236. The van der Waals surface area contributed by atoms with E-state index in [2.05, 4.69) is 11.4 Å². The average Bonchev–Trinajstić information content (AvgIpc) is 2.83. The largest absolute Gasteiger partial charge is 0.294 e. The van der Waals surface area contributed by atoms with Gasteiger partial charge in [0.25, 0.3) is 0 Å². The first-order valence-corrected chi connectivity index (χ1v) is 6.36. The van der Waals surface area contributed by atoms with E-state index in [0.29, 0.717) is 6.42 Å². The van der Waals surface area contributed by atoms with Crippen molar-refractivity contribution in [1.29, 1.82) is 0 Å². The Hall–Kier alpha value is -1.41. The number of Topliss-reactive ketones (excluding diaryl/α,β-unsaturated/α-hetero) is 1. The van der Waals surface area contributed by atoms with E-state index >= 15 is 0 Å². The van der Waals surface area contributed by atoms with Gasteiger partial charge in [0.15, 0.2) is 5.78 Å². The minimum atomic E-state index is 0.236. The van der Waals surface area contributed by atoms with Gasteiger partial charge in [0.05, 0.1) is 0 Å². The van der Waals surface area contributed by atoms with Gasteiger partial charge in [-0.3, -0.25) is 4.79 Å². The number of ketones is 1. The highest BCUT2D eigenvalue weighted by molar-refractivity contribution is 7.13. The molecular formula is C14H14OS.